The fourth-order valence-electron chi connectivity index (χ4n) is 2.77. The molecular formula is C19H16FN3O3S2. The molecule has 1 N–H and O–H groups in total. The number of fused-ring (bicyclic) bond motifs is 1. The summed E-state index contributed by atoms with van der Waals surface area (Å²) in [5.74, 6) is -0.755. The van der Waals surface area contributed by atoms with Gasteiger partial charge in [0.1, 0.15) is 0 Å². The molecule has 0 atom stereocenters. The van der Waals surface area contributed by atoms with Crippen molar-refractivity contribution in [2.45, 2.75) is 11.8 Å². The standard InChI is InChI=1S/C19H16FN3O3S2/c1-12-11-27-19-21-17(10-23(12)19)13-3-5-14(6-4-13)22-28(24,25)15-7-8-18(26-2)16(20)9-15/h3-11,22H,1-2H3. The van der Waals surface area contributed by atoms with Crippen molar-refractivity contribution >= 4 is 32.0 Å². The van der Waals surface area contributed by atoms with E-state index < -0.39 is 15.8 Å². The number of hydrogen-bond acceptors (Lipinski definition) is 5. The molecule has 2 aromatic heterocycles. The molecule has 0 spiro atoms. The summed E-state index contributed by atoms with van der Waals surface area (Å²) < 4.78 is 48.1. The molecule has 0 fully saturated rings. The second kappa shape index (κ2) is 6.92. The molecule has 0 radical (unpaired) electrons. The quantitative estimate of drug-likeness (QED) is 0.525. The fourth-order valence-corrected chi connectivity index (χ4v) is 4.69. The number of nitrogens with zero attached hydrogens (tertiary/aromatic N) is 2. The summed E-state index contributed by atoms with van der Waals surface area (Å²) in [7, 11) is -2.60. The first-order valence-electron chi connectivity index (χ1n) is 8.27. The minimum absolute atomic E-state index is 0.0153. The van der Waals surface area contributed by atoms with E-state index in [2.05, 4.69) is 9.71 Å². The van der Waals surface area contributed by atoms with Gasteiger partial charge in [-0.1, -0.05) is 12.1 Å². The number of aryl methyl sites for hydroxylation is 1. The largest absolute Gasteiger partial charge is 0.494 e. The highest BCUT2D eigenvalue weighted by atomic mass is 32.2. The SMILES string of the molecule is COc1ccc(S(=O)(=O)Nc2ccc(-c3cn4c(C)csc4n3)cc2)cc1F. The van der Waals surface area contributed by atoms with Crippen LogP contribution in [-0.2, 0) is 10.0 Å². The Labute approximate surface area is 165 Å². The maximum atomic E-state index is 13.8. The highest BCUT2D eigenvalue weighted by Crippen LogP contribution is 2.26. The Morgan fingerprint density at radius 1 is 1.18 bits per heavy atom. The van der Waals surface area contributed by atoms with E-state index in [1.807, 2.05) is 22.9 Å². The van der Waals surface area contributed by atoms with Crippen LogP contribution in [0.4, 0.5) is 10.1 Å². The number of thiazole rings is 1. The van der Waals surface area contributed by atoms with Gasteiger partial charge in [0, 0.05) is 28.5 Å². The lowest BCUT2D eigenvalue weighted by Crippen LogP contribution is -2.13. The van der Waals surface area contributed by atoms with Gasteiger partial charge in [0.15, 0.2) is 16.5 Å². The molecule has 0 amide bonds. The predicted molar refractivity (Wildman–Crippen MR) is 107 cm³/mol. The van der Waals surface area contributed by atoms with Crippen molar-refractivity contribution in [2.75, 3.05) is 11.8 Å². The van der Waals surface area contributed by atoms with Crippen LogP contribution in [0.2, 0.25) is 0 Å². The van der Waals surface area contributed by atoms with Crippen molar-refractivity contribution in [1.29, 1.82) is 0 Å². The molecule has 6 nitrogen and oxygen atoms in total. The number of aromatic nitrogens is 2. The number of halogens is 1. The average molecular weight is 417 g/mol. The number of anilines is 1. The maximum absolute atomic E-state index is 13.8. The molecule has 0 saturated heterocycles. The smallest absolute Gasteiger partial charge is 0.262 e. The molecule has 144 valence electrons. The lowest BCUT2D eigenvalue weighted by molar-refractivity contribution is 0.385. The molecule has 0 bridgehead atoms. The number of imidazole rings is 1. The third kappa shape index (κ3) is 3.34. The molecular weight excluding hydrogens is 401 g/mol. The van der Waals surface area contributed by atoms with Crippen LogP contribution in [0.25, 0.3) is 16.2 Å². The number of rotatable bonds is 5. The van der Waals surface area contributed by atoms with Crippen LogP contribution < -0.4 is 9.46 Å². The van der Waals surface area contributed by atoms with E-state index in [0.29, 0.717) is 5.69 Å². The number of methoxy groups -OCH3 is 1. The second-order valence-electron chi connectivity index (χ2n) is 6.14. The number of sulfonamides is 1. The maximum Gasteiger partial charge on any atom is 0.262 e. The number of benzene rings is 2. The van der Waals surface area contributed by atoms with Gasteiger partial charge in [-0.05, 0) is 37.3 Å². The first kappa shape index (κ1) is 18.5. The molecule has 9 heteroatoms. The summed E-state index contributed by atoms with van der Waals surface area (Å²) in [6.07, 6.45) is 1.94. The Balaban J connectivity index is 1.57. The number of ether oxygens (including phenoxy) is 1. The molecule has 0 aliphatic heterocycles. The molecule has 2 heterocycles. The van der Waals surface area contributed by atoms with Crippen molar-refractivity contribution in [2.24, 2.45) is 0 Å². The van der Waals surface area contributed by atoms with E-state index in [4.69, 9.17) is 4.74 Å². The van der Waals surface area contributed by atoms with E-state index >= 15 is 0 Å². The predicted octanol–water partition coefficient (Wildman–Crippen LogP) is 4.32. The molecule has 0 unspecified atom stereocenters. The van der Waals surface area contributed by atoms with Gasteiger partial charge in [-0.15, -0.1) is 11.3 Å². The van der Waals surface area contributed by atoms with Crippen LogP contribution in [0, 0.1) is 12.7 Å². The molecule has 4 aromatic rings. The molecule has 0 saturated carbocycles. The second-order valence-corrected chi connectivity index (χ2v) is 8.65. The van der Waals surface area contributed by atoms with Crippen LogP contribution in [-0.4, -0.2) is 24.9 Å². The van der Waals surface area contributed by atoms with Crippen molar-refractivity contribution in [3.63, 3.8) is 0 Å². The van der Waals surface area contributed by atoms with Crippen molar-refractivity contribution in [1.82, 2.24) is 9.38 Å². The first-order valence-corrected chi connectivity index (χ1v) is 10.6. The van der Waals surface area contributed by atoms with Gasteiger partial charge in [0.2, 0.25) is 0 Å². The Morgan fingerprint density at radius 2 is 1.93 bits per heavy atom. The third-order valence-electron chi connectivity index (χ3n) is 4.25. The molecule has 2 aromatic carbocycles. The summed E-state index contributed by atoms with van der Waals surface area (Å²) in [4.78, 5) is 5.29. The van der Waals surface area contributed by atoms with Gasteiger partial charge < -0.3 is 4.74 Å². The van der Waals surface area contributed by atoms with E-state index in [1.165, 1.54) is 19.2 Å². The summed E-state index contributed by atoms with van der Waals surface area (Å²) in [6.45, 7) is 2.01. The summed E-state index contributed by atoms with van der Waals surface area (Å²) >= 11 is 1.56. The lowest BCUT2D eigenvalue weighted by atomic mass is 10.1. The van der Waals surface area contributed by atoms with Crippen LogP contribution >= 0.6 is 11.3 Å². The van der Waals surface area contributed by atoms with Gasteiger partial charge >= 0.3 is 0 Å². The lowest BCUT2D eigenvalue weighted by Gasteiger charge is -2.10. The van der Waals surface area contributed by atoms with E-state index in [0.717, 1.165) is 28.0 Å². The molecule has 0 aliphatic carbocycles. The van der Waals surface area contributed by atoms with E-state index in [-0.39, 0.29) is 10.6 Å². The highest BCUT2D eigenvalue weighted by Gasteiger charge is 2.17. The zero-order valence-corrected chi connectivity index (χ0v) is 16.6. The number of hydrogen-bond donors (Lipinski definition) is 1. The average Bonchev–Trinajstić information content (AvgIpc) is 3.24. The van der Waals surface area contributed by atoms with Crippen molar-refractivity contribution in [3.8, 4) is 17.0 Å². The topological polar surface area (TPSA) is 72.7 Å². The first-order chi connectivity index (χ1) is 13.4. The van der Waals surface area contributed by atoms with Crippen molar-refractivity contribution < 1.29 is 17.5 Å². The minimum atomic E-state index is -3.92. The van der Waals surface area contributed by atoms with E-state index in [1.54, 1.807) is 35.6 Å². The van der Waals surface area contributed by atoms with Crippen LogP contribution in [0.5, 0.6) is 5.75 Å². The normalized spacial score (nSPS) is 11.7. The van der Waals surface area contributed by atoms with Crippen LogP contribution in [0.15, 0.2) is 58.9 Å². The summed E-state index contributed by atoms with van der Waals surface area (Å²) in [5, 5.41) is 2.03. The van der Waals surface area contributed by atoms with Crippen LogP contribution in [0.3, 0.4) is 0 Å². The Hall–Kier alpha value is -2.91. The summed E-state index contributed by atoms with van der Waals surface area (Å²) in [5.41, 5.74) is 3.15. The molecule has 0 aliphatic rings. The zero-order chi connectivity index (χ0) is 19.9. The molecule has 4 rings (SSSR count). The monoisotopic (exact) mass is 417 g/mol. The van der Waals surface area contributed by atoms with Gasteiger partial charge in [-0.2, -0.15) is 0 Å². The minimum Gasteiger partial charge on any atom is -0.494 e. The van der Waals surface area contributed by atoms with E-state index in [9.17, 15) is 12.8 Å². The van der Waals surface area contributed by atoms with Gasteiger partial charge in [-0.3, -0.25) is 9.12 Å². The molecule has 28 heavy (non-hydrogen) atoms. The third-order valence-corrected chi connectivity index (χ3v) is 6.59. The Bertz CT molecular complexity index is 1260. The highest BCUT2D eigenvalue weighted by molar-refractivity contribution is 7.92. The van der Waals surface area contributed by atoms with Crippen molar-refractivity contribution in [3.05, 3.63) is 65.6 Å². The Kier molecular flexibility index (Phi) is 4.56. The fraction of sp³-hybridized carbons (Fsp3) is 0.105. The zero-order valence-electron chi connectivity index (χ0n) is 15.0. The number of nitrogens with one attached hydrogen (secondary N) is 1. The van der Waals surface area contributed by atoms with Gasteiger partial charge in [0.25, 0.3) is 10.0 Å². The summed E-state index contributed by atoms with van der Waals surface area (Å²) in [6, 6.07) is 10.4. The van der Waals surface area contributed by atoms with Gasteiger partial charge in [-0.25, -0.2) is 17.8 Å². The van der Waals surface area contributed by atoms with Crippen LogP contribution in [0.1, 0.15) is 5.69 Å². The Morgan fingerprint density at radius 3 is 2.57 bits per heavy atom. The van der Waals surface area contributed by atoms with Gasteiger partial charge in [0.05, 0.1) is 17.7 Å².